The normalized spacial score (nSPS) is 11.8. The molecule has 0 radical (unpaired) electrons. The van der Waals surface area contributed by atoms with Crippen molar-refractivity contribution in [2.75, 3.05) is 12.8 Å². The minimum atomic E-state index is -4.42. The van der Waals surface area contributed by atoms with E-state index < -0.39 is 31.8 Å². The molecule has 16 heavy (non-hydrogen) atoms. The summed E-state index contributed by atoms with van der Waals surface area (Å²) < 4.78 is 51.9. The Morgan fingerprint density at radius 3 is 2.50 bits per heavy atom. The second kappa shape index (κ2) is 4.38. The minimum absolute atomic E-state index is 0.136. The highest BCUT2D eigenvalue weighted by Crippen LogP contribution is 2.36. The number of nitrogens with zero attached hydrogens (tertiary/aromatic N) is 1. The van der Waals surface area contributed by atoms with Crippen LogP contribution in [0.2, 0.25) is 0 Å². The fourth-order valence-electron chi connectivity index (χ4n) is 1.08. The predicted octanol–water partition coefficient (Wildman–Crippen LogP) is 1.54. The van der Waals surface area contributed by atoms with Crippen LogP contribution in [0, 0.1) is 0 Å². The van der Waals surface area contributed by atoms with E-state index in [1.807, 2.05) is 0 Å². The number of anilines is 1. The lowest BCUT2D eigenvalue weighted by Crippen LogP contribution is -2.08. The van der Waals surface area contributed by atoms with Gasteiger partial charge >= 0.3 is 0 Å². The van der Waals surface area contributed by atoms with Crippen molar-refractivity contribution in [3.05, 3.63) is 11.9 Å². The standard InChI is InChI=1S/C7H7ClF2N2O3S/c1-15-3-2-12-5(7(9)10)6(4(3)11)16(8,13)14/h2,7H,1H3,(H2,11,12). The van der Waals surface area contributed by atoms with Gasteiger partial charge in [-0.3, -0.25) is 0 Å². The number of hydrogen-bond donors (Lipinski definition) is 1. The average molecular weight is 273 g/mol. The first-order valence-electron chi connectivity index (χ1n) is 3.84. The van der Waals surface area contributed by atoms with Crippen molar-refractivity contribution in [2.45, 2.75) is 11.3 Å². The van der Waals surface area contributed by atoms with Crippen molar-refractivity contribution in [3.63, 3.8) is 0 Å². The summed E-state index contributed by atoms with van der Waals surface area (Å²) in [5, 5.41) is 0. The Hall–Kier alpha value is -1.15. The van der Waals surface area contributed by atoms with Gasteiger partial charge in [0, 0.05) is 10.7 Å². The molecule has 0 aliphatic rings. The summed E-state index contributed by atoms with van der Waals surface area (Å²) in [7, 11) is 1.78. The van der Waals surface area contributed by atoms with E-state index >= 15 is 0 Å². The van der Waals surface area contributed by atoms with Crippen LogP contribution in [0.5, 0.6) is 5.75 Å². The lowest BCUT2D eigenvalue weighted by Gasteiger charge is -2.11. The molecule has 0 unspecified atom stereocenters. The first-order valence-corrected chi connectivity index (χ1v) is 6.15. The zero-order valence-electron chi connectivity index (χ0n) is 7.95. The third-order valence-corrected chi connectivity index (χ3v) is 3.11. The van der Waals surface area contributed by atoms with E-state index in [0.717, 1.165) is 6.20 Å². The number of nitrogens with two attached hydrogens (primary N) is 1. The Labute approximate surface area is 94.6 Å². The van der Waals surface area contributed by atoms with Gasteiger partial charge in [0.1, 0.15) is 10.6 Å². The van der Waals surface area contributed by atoms with E-state index in [1.165, 1.54) is 7.11 Å². The Morgan fingerprint density at radius 1 is 1.56 bits per heavy atom. The number of aromatic nitrogens is 1. The molecule has 0 fully saturated rings. The van der Waals surface area contributed by atoms with Gasteiger partial charge in [0.15, 0.2) is 5.75 Å². The summed E-state index contributed by atoms with van der Waals surface area (Å²) in [5.41, 5.74) is 3.88. The second-order valence-corrected chi connectivity index (χ2v) is 5.20. The third kappa shape index (κ3) is 2.33. The fourth-order valence-corrected chi connectivity index (χ4v) is 2.32. The number of methoxy groups -OCH3 is 1. The number of hydrogen-bond acceptors (Lipinski definition) is 5. The molecule has 1 aromatic rings. The van der Waals surface area contributed by atoms with Crippen molar-refractivity contribution in [1.82, 2.24) is 4.98 Å². The van der Waals surface area contributed by atoms with Gasteiger partial charge in [-0.25, -0.2) is 22.2 Å². The van der Waals surface area contributed by atoms with Crippen LogP contribution in [0.3, 0.4) is 0 Å². The van der Waals surface area contributed by atoms with Crippen LogP contribution in [0.15, 0.2) is 11.1 Å². The molecule has 0 bridgehead atoms. The molecule has 9 heteroatoms. The molecule has 90 valence electrons. The highest BCUT2D eigenvalue weighted by atomic mass is 35.7. The molecule has 1 rings (SSSR count). The summed E-state index contributed by atoms with van der Waals surface area (Å²) in [6, 6.07) is 0. The third-order valence-electron chi connectivity index (χ3n) is 1.73. The largest absolute Gasteiger partial charge is 0.493 e. The second-order valence-electron chi connectivity index (χ2n) is 2.69. The van der Waals surface area contributed by atoms with Gasteiger partial charge in [0.05, 0.1) is 19.0 Å². The Bertz CT molecular complexity index is 507. The van der Waals surface area contributed by atoms with Crippen LogP contribution in [-0.4, -0.2) is 20.5 Å². The minimum Gasteiger partial charge on any atom is -0.493 e. The molecule has 1 heterocycles. The summed E-state index contributed by atoms with van der Waals surface area (Å²) in [6.07, 6.45) is -2.20. The maximum atomic E-state index is 12.5. The first kappa shape index (κ1) is 12.9. The van der Waals surface area contributed by atoms with Crippen molar-refractivity contribution in [2.24, 2.45) is 0 Å². The van der Waals surface area contributed by atoms with E-state index in [9.17, 15) is 17.2 Å². The summed E-state index contributed by atoms with van der Waals surface area (Å²) >= 11 is 0. The van der Waals surface area contributed by atoms with Crippen LogP contribution in [0.25, 0.3) is 0 Å². The van der Waals surface area contributed by atoms with E-state index in [2.05, 4.69) is 9.72 Å². The molecule has 0 atom stereocenters. The van der Waals surface area contributed by atoms with E-state index in [-0.39, 0.29) is 5.75 Å². The summed E-state index contributed by atoms with van der Waals surface area (Å²) in [4.78, 5) is 2.34. The van der Waals surface area contributed by atoms with Crippen LogP contribution in [-0.2, 0) is 9.05 Å². The first-order chi connectivity index (χ1) is 7.29. The van der Waals surface area contributed by atoms with Gasteiger partial charge in [-0.15, -0.1) is 0 Å². The lowest BCUT2D eigenvalue weighted by atomic mass is 10.3. The predicted molar refractivity (Wildman–Crippen MR) is 53.2 cm³/mol. The van der Waals surface area contributed by atoms with Gasteiger partial charge in [-0.1, -0.05) is 0 Å². The topological polar surface area (TPSA) is 82.3 Å². The maximum absolute atomic E-state index is 12.5. The molecule has 0 saturated heterocycles. The Kier molecular flexibility index (Phi) is 3.54. The molecule has 0 aromatic carbocycles. The quantitative estimate of drug-likeness (QED) is 0.844. The molecule has 0 spiro atoms. The number of rotatable bonds is 3. The van der Waals surface area contributed by atoms with Crippen LogP contribution in [0.1, 0.15) is 12.1 Å². The zero-order valence-corrected chi connectivity index (χ0v) is 9.52. The van der Waals surface area contributed by atoms with Crippen molar-refractivity contribution in [3.8, 4) is 5.75 Å². The summed E-state index contributed by atoms with van der Waals surface area (Å²) in [5.74, 6) is -0.136. The number of pyridine rings is 1. The van der Waals surface area contributed by atoms with Gasteiger partial charge < -0.3 is 10.5 Å². The summed E-state index contributed by atoms with van der Waals surface area (Å²) in [6.45, 7) is 0. The molecule has 0 aliphatic carbocycles. The van der Waals surface area contributed by atoms with Crippen LogP contribution in [0.4, 0.5) is 14.5 Å². The molecule has 0 amide bonds. The van der Waals surface area contributed by atoms with Gasteiger partial charge in [0.25, 0.3) is 15.5 Å². The molecule has 1 aromatic heterocycles. The van der Waals surface area contributed by atoms with Gasteiger partial charge in [-0.2, -0.15) is 0 Å². The smallest absolute Gasteiger partial charge is 0.281 e. The zero-order chi connectivity index (χ0) is 12.5. The number of halogens is 3. The molecule has 0 aliphatic heterocycles. The van der Waals surface area contributed by atoms with Gasteiger partial charge in [0.2, 0.25) is 0 Å². The van der Waals surface area contributed by atoms with Crippen LogP contribution < -0.4 is 10.5 Å². The van der Waals surface area contributed by atoms with Gasteiger partial charge in [-0.05, 0) is 0 Å². The highest BCUT2D eigenvalue weighted by Gasteiger charge is 2.28. The number of nitrogen functional groups attached to an aromatic ring is 1. The van der Waals surface area contributed by atoms with Crippen molar-refractivity contribution in [1.29, 1.82) is 0 Å². The molecule has 5 nitrogen and oxygen atoms in total. The monoisotopic (exact) mass is 272 g/mol. The molecule has 0 saturated carbocycles. The average Bonchev–Trinajstić information content (AvgIpc) is 2.14. The lowest BCUT2D eigenvalue weighted by molar-refractivity contribution is 0.142. The Balaban J connectivity index is 3.63. The maximum Gasteiger partial charge on any atom is 0.281 e. The van der Waals surface area contributed by atoms with Crippen LogP contribution >= 0.6 is 10.7 Å². The van der Waals surface area contributed by atoms with Crippen molar-refractivity contribution >= 4 is 25.4 Å². The SMILES string of the molecule is COc1cnc(C(F)F)c(S(=O)(=O)Cl)c1N. The Morgan fingerprint density at radius 2 is 2.12 bits per heavy atom. The van der Waals surface area contributed by atoms with E-state index in [0.29, 0.717) is 0 Å². The fraction of sp³-hybridized carbons (Fsp3) is 0.286. The molecule has 2 N–H and O–H groups in total. The van der Waals surface area contributed by atoms with E-state index in [1.54, 1.807) is 0 Å². The molecular weight excluding hydrogens is 266 g/mol. The van der Waals surface area contributed by atoms with E-state index in [4.69, 9.17) is 16.4 Å². The number of ether oxygens (including phenoxy) is 1. The highest BCUT2D eigenvalue weighted by molar-refractivity contribution is 8.13. The molecular formula is C7H7ClF2N2O3S. The van der Waals surface area contributed by atoms with Crippen molar-refractivity contribution < 1.29 is 21.9 Å². The number of alkyl halides is 2.